The highest BCUT2D eigenvalue weighted by molar-refractivity contribution is 6.30. The van der Waals surface area contributed by atoms with Gasteiger partial charge in [-0.15, -0.1) is 0 Å². The molecule has 2 aromatic rings. The van der Waals surface area contributed by atoms with Crippen LogP contribution in [0.4, 0.5) is 0 Å². The number of amides is 2. The van der Waals surface area contributed by atoms with Gasteiger partial charge in [0.2, 0.25) is 0 Å². The summed E-state index contributed by atoms with van der Waals surface area (Å²) in [6.07, 6.45) is -0.0616. The third kappa shape index (κ3) is 6.69. The Morgan fingerprint density at radius 2 is 1.62 bits per heavy atom. The van der Waals surface area contributed by atoms with Crippen LogP contribution in [0, 0.1) is 0 Å². The molecular weight excluding hydrogens is 400 g/mol. The van der Waals surface area contributed by atoms with Gasteiger partial charge in [0.1, 0.15) is 0 Å². The SMILES string of the molecule is COc1cc(C(=O)OCC(=O)NNC(=O)c2ccc(Cl)cc2)ccc1OC(C)C. The number of ether oxygens (including phenoxy) is 3. The molecule has 0 atom stereocenters. The van der Waals surface area contributed by atoms with Gasteiger partial charge in [-0.1, -0.05) is 11.6 Å². The predicted molar refractivity (Wildman–Crippen MR) is 106 cm³/mol. The van der Waals surface area contributed by atoms with E-state index in [4.69, 9.17) is 25.8 Å². The molecule has 0 saturated carbocycles. The first-order valence-corrected chi connectivity index (χ1v) is 9.04. The van der Waals surface area contributed by atoms with Crippen LogP contribution in [0.1, 0.15) is 34.6 Å². The van der Waals surface area contributed by atoms with Gasteiger partial charge >= 0.3 is 5.97 Å². The van der Waals surface area contributed by atoms with Crippen molar-refractivity contribution in [3.05, 3.63) is 58.6 Å². The van der Waals surface area contributed by atoms with Crippen LogP contribution in [-0.4, -0.2) is 37.6 Å². The predicted octanol–water partition coefficient (Wildman–Crippen LogP) is 2.75. The van der Waals surface area contributed by atoms with Gasteiger partial charge in [0, 0.05) is 10.6 Å². The number of halogens is 1. The van der Waals surface area contributed by atoms with Gasteiger partial charge in [-0.2, -0.15) is 0 Å². The van der Waals surface area contributed by atoms with Crippen LogP contribution < -0.4 is 20.3 Å². The topological polar surface area (TPSA) is 103 Å². The lowest BCUT2D eigenvalue weighted by Crippen LogP contribution is -2.43. The van der Waals surface area contributed by atoms with Crippen molar-refractivity contribution in [2.75, 3.05) is 13.7 Å². The number of benzene rings is 2. The Balaban J connectivity index is 1.85. The van der Waals surface area contributed by atoms with Crippen molar-refractivity contribution in [3.63, 3.8) is 0 Å². The highest BCUT2D eigenvalue weighted by Gasteiger charge is 2.15. The quantitative estimate of drug-likeness (QED) is 0.527. The fraction of sp³-hybridized carbons (Fsp3) is 0.250. The highest BCUT2D eigenvalue weighted by Crippen LogP contribution is 2.29. The lowest BCUT2D eigenvalue weighted by atomic mass is 10.2. The summed E-state index contributed by atoms with van der Waals surface area (Å²) in [6, 6.07) is 10.6. The Morgan fingerprint density at radius 3 is 2.24 bits per heavy atom. The summed E-state index contributed by atoms with van der Waals surface area (Å²) in [4.78, 5) is 35.8. The Morgan fingerprint density at radius 1 is 0.966 bits per heavy atom. The first-order chi connectivity index (χ1) is 13.8. The molecule has 2 amide bonds. The molecule has 0 bridgehead atoms. The summed E-state index contributed by atoms with van der Waals surface area (Å²) in [5, 5.41) is 0.484. The first kappa shape index (κ1) is 22.0. The smallest absolute Gasteiger partial charge is 0.338 e. The number of rotatable bonds is 7. The second-order valence-electron chi connectivity index (χ2n) is 6.12. The number of carbonyl (C=O) groups excluding carboxylic acids is 3. The third-order valence-electron chi connectivity index (χ3n) is 3.52. The average Bonchev–Trinajstić information content (AvgIpc) is 2.70. The molecule has 0 aliphatic rings. The van der Waals surface area contributed by atoms with Crippen molar-refractivity contribution < 1.29 is 28.6 Å². The van der Waals surface area contributed by atoms with E-state index in [-0.39, 0.29) is 11.7 Å². The number of methoxy groups -OCH3 is 1. The molecule has 0 spiro atoms. The lowest BCUT2D eigenvalue weighted by Gasteiger charge is -2.14. The molecule has 0 unspecified atom stereocenters. The first-order valence-electron chi connectivity index (χ1n) is 8.66. The van der Waals surface area contributed by atoms with Crippen LogP contribution in [0.5, 0.6) is 11.5 Å². The summed E-state index contributed by atoms with van der Waals surface area (Å²) in [5.74, 6) is -1.10. The molecule has 0 radical (unpaired) electrons. The molecule has 2 N–H and O–H groups in total. The maximum atomic E-state index is 12.1. The van der Waals surface area contributed by atoms with Crippen LogP contribution >= 0.6 is 11.6 Å². The minimum atomic E-state index is -0.724. The number of hydrogen-bond acceptors (Lipinski definition) is 6. The Hall–Kier alpha value is -3.26. The molecule has 0 heterocycles. The Bertz CT molecular complexity index is 883. The van der Waals surface area contributed by atoms with E-state index in [2.05, 4.69) is 10.9 Å². The average molecular weight is 421 g/mol. The molecule has 0 aromatic heterocycles. The number of hydrogen-bond donors (Lipinski definition) is 2. The number of carbonyl (C=O) groups is 3. The van der Waals surface area contributed by atoms with Gasteiger partial charge in [-0.25, -0.2) is 4.79 Å². The highest BCUT2D eigenvalue weighted by atomic mass is 35.5. The van der Waals surface area contributed by atoms with Crippen LogP contribution in [0.15, 0.2) is 42.5 Å². The molecule has 0 aliphatic heterocycles. The molecule has 29 heavy (non-hydrogen) atoms. The standard InChI is InChI=1S/C20H21ClN2O6/c1-12(2)29-16-9-6-14(10-17(16)27-3)20(26)28-11-18(24)22-23-19(25)13-4-7-15(21)8-5-13/h4-10,12H,11H2,1-3H3,(H,22,24)(H,23,25). The van der Waals surface area contributed by atoms with Crippen molar-refractivity contribution in [1.82, 2.24) is 10.9 Å². The Labute approximate surface area is 173 Å². The zero-order chi connectivity index (χ0) is 21.4. The fourth-order valence-electron chi connectivity index (χ4n) is 2.20. The normalized spacial score (nSPS) is 10.2. The second-order valence-corrected chi connectivity index (χ2v) is 6.55. The maximum absolute atomic E-state index is 12.1. The van der Waals surface area contributed by atoms with Gasteiger partial charge in [0.25, 0.3) is 11.8 Å². The lowest BCUT2D eigenvalue weighted by molar-refractivity contribution is -0.125. The van der Waals surface area contributed by atoms with Crippen molar-refractivity contribution in [2.24, 2.45) is 0 Å². The number of esters is 1. The summed E-state index contributed by atoms with van der Waals surface area (Å²) < 4.78 is 15.7. The van der Waals surface area contributed by atoms with Crippen molar-refractivity contribution in [3.8, 4) is 11.5 Å². The summed E-state index contributed by atoms with van der Waals surface area (Å²) in [5.41, 5.74) is 4.88. The monoisotopic (exact) mass is 420 g/mol. The molecule has 8 nitrogen and oxygen atoms in total. The van der Waals surface area contributed by atoms with Gasteiger partial charge in [-0.05, 0) is 56.3 Å². The van der Waals surface area contributed by atoms with Gasteiger partial charge in [0.15, 0.2) is 18.1 Å². The summed E-state index contributed by atoms with van der Waals surface area (Å²) >= 11 is 5.75. The van der Waals surface area contributed by atoms with E-state index < -0.39 is 24.4 Å². The summed E-state index contributed by atoms with van der Waals surface area (Å²) in [6.45, 7) is 3.16. The Kier molecular flexibility index (Phi) is 7.85. The largest absolute Gasteiger partial charge is 0.493 e. The zero-order valence-corrected chi connectivity index (χ0v) is 16.9. The van der Waals surface area contributed by atoms with Crippen LogP contribution in [0.25, 0.3) is 0 Å². The molecule has 2 aromatic carbocycles. The van der Waals surface area contributed by atoms with Crippen molar-refractivity contribution in [2.45, 2.75) is 20.0 Å². The van der Waals surface area contributed by atoms with E-state index in [9.17, 15) is 14.4 Å². The van der Waals surface area contributed by atoms with E-state index in [1.54, 1.807) is 18.2 Å². The number of hydrazine groups is 1. The zero-order valence-electron chi connectivity index (χ0n) is 16.2. The molecule has 0 saturated heterocycles. The van der Waals surface area contributed by atoms with Crippen LogP contribution in [0.3, 0.4) is 0 Å². The van der Waals surface area contributed by atoms with Gasteiger partial charge < -0.3 is 14.2 Å². The third-order valence-corrected chi connectivity index (χ3v) is 3.77. The van der Waals surface area contributed by atoms with Crippen molar-refractivity contribution in [1.29, 1.82) is 0 Å². The van der Waals surface area contributed by atoms with Crippen LogP contribution in [-0.2, 0) is 9.53 Å². The molecule has 154 valence electrons. The van der Waals surface area contributed by atoms with Gasteiger partial charge in [-0.3, -0.25) is 20.4 Å². The molecular formula is C20H21ClN2O6. The minimum Gasteiger partial charge on any atom is -0.493 e. The molecule has 9 heteroatoms. The number of nitrogens with one attached hydrogen (secondary N) is 2. The van der Waals surface area contributed by atoms with Crippen LogP contribution in [0.2, 0.25) is 5.02 Å². The van der Waals surface area contributed by atoms with E-state index in [0.717, 1.165) is 0 Å². The van der Waals surface area contributed by atoms with E-state index in [1.165, 1.54) is 31.4 Å². The van der Waals surface area contributed by atoms with E-state index in [0.29, 0.717) is 22.1 Å². The second kappa shape index (κ2) is 10.3. The van der Waals surface area contributed by atoms with Gasteiger partial charge in [0.05, 0.1) is 18.8 Å². The molecule has 2 rings (SSSR count). The molecule has 0 fully saturated rings. The molecule has 0 aliphatic carbocycles. The van der Waals surface area contributed by atoms with E-state index in [1.807, 2.05) is 13.8 Å². The minimum absolute atomic E-state index is 0.0616. The summed E-state index contributed by atoms with van der Waals surface area (Å²) in [7, 11) is 1.45. The fourth-order valence-corrected chi connectivity index (χ4v) is 2.32. The van der Waals surface area contributed by atoms with Crippen molar-refractivity contribution >= 4 is 29.4 Å². The van der Waals surface area contributed by atoms with E-state index >= 15 is 0 Å². The maximum Gasteiger partial charge on any atom is 0.338 e.